The molecule has 5 unspecified atom stereocenters. The van der Waals surface area contributed by atoms with Crippen molar-refractivity contribution in [3.05, 3.63) is 54.6 Å². The Morgan fingerprint density at radius 1 is 1.00 bits per heavy atom. The minimum atomic E-state index is -0.256. The number of hydrogen-bond donors (Lipinski definition) is 5. The maximum Gasteiger partial charge on any atom is 0.228 e. The summed E-state index contributed by atoms with van der Waals surface area (Å²) >= 11 is 3.79. The van der Waals surface area contributed by atoms with Gasteiger partial charge in [0.1, 0.15) is 17.8 Å². The van der Waals surface area contributed by atoms with Gasteiger partial charge in [-0.15, -0.1) is 0 Å². The van der Waals surface area contributed by atoms with Gasteiger partial charge in [0.15, 0.2) is 0 Å². The second kappa shape index (κ2) is 10.6. The summed E-state index contributed by atoms with van der Waals surface area (Å²) in [5.41, 5.74) is 0.932. The smallest absolute Gasteiger partial charge is 0.228 e. The van der Waals surface area contributed by atoms with E-state index in [1.807, 2.05) is 54.6 Å². The van der Waals surface area contributed by atoms with Gasteiger partial charge in [-0.3, -0.25) is 20.7 Å². The van der Waals surface area contributed by atoms with Gasteiger partial charge in [-0.25, -0.2) is 0 Å². The van der Waals surface area contributed by atoms with Gasteiger partial charge in [0.25, 0.3) is 0 Å². The molecule has 0 saturated carbocycles. The number of carbonyl (C=O) groups excluding carboxylic acids is 1. The Kier molecular flexibility index (Phi) is 7.36. The lowest BCUT2D eigenvalue weighted by Crippen LogP contribution is -2.76. The number of para-hydroxylation sites is 1. The number of nitrogens with zero attached hydrogens (tertiary/aromatic N) is 1. The van der Waals surface area contributed by atoms with Crippen molar-refractivity contribution in [3.8, 4) is 11.5 Å². The number of ether oxygens (including phenoxy) is 1. The summed E-state index contributed by atoms with van der Waals surface area (Å²) < 4.78 is 5.91. The van der Waals surface area contributed by atoms with E-state index in [1.165, 1.54) is 0 Å². The standard InChI is InChI=1S/C25H33BrN6O2/c1-32-13-11-17(12-14-32)29-25-30-22-20(26)15-27-24(33)21(22)23(31-25)28-16-7-9-19(10-8-16)34-18-5-3-2-4-6-18/h2-10,17,20-23,25,28-31H,11-15H2,1H3,(H,27,33). The van der Waals surface area contributed by atoms with E-state index in [1.54, 1.807) is 0 Å². The molecule has 0 spiro atoms. The molecule has 8 nitrogen and oxygen atoms in total. The van der Waals surface area contributed by atoms with Gasteiger partial charge in [-0.05, 0) is 69.4 Å². The van der Waals surface area contributed by atoms with E-state index in [0.29, 0.717) is 12.6 Å². The number of hydrogen-bond acceptors (Lipinski definition) is 7. The zero-order valence-electron chi connectivity index (χ0n) is 19.3. The van der Waals surface area contributed by atoms with Crippen LogP contribution in [-0.2, 0) is 4.79 Å². The first kappa shape index (κ1) is 23.6. The fourth-order valence-corrected chi connectivity index (χ4v) is 5.63. The number of halogens is 1. The van der Waals surface area contributed by atoms with Crippen LogP contribution in [0.2, 0.25) is 0 Å². The molecule has 0 aliphatic carbocycles. The topological polar surface area (TPSA) is 89.7 Å². The summed E-state index contributed by atoms with van der Waals surface area (Å²) in [4.78, 5) is 15.4. The van der Waals surface area contributed by atoms with Crippen molar-refractivity contribution in [2.45, 2.75) is 42.2 Å². The van der Waals surface area contributed by atoms with Crippen LogP contribution in [0, 0.1) is 5.92 Å². The highest BCUT2D eigenvalue weighted by Crippen LogP contribution is 2.28. The van der Waals surface area contributed by atoms with E-state index >= 15 is 0 Å². The van der Waals surface area contributed by atoms with Crippen LogP contribution in [0.1, 0.15) is 12.8 Å². The highest BCUT2D eigenvalue weighted by Gasteiger charge is 2.47. The van der Waals surface area contributed by atoms with Crippen LogP contribution in [0.5, 0.6) is 11.5 Å². The molecule has 5 N–H and O–H groups in total. The third-order valence-corrected chi connectivity index (χ3v) is 7.78. The predicted molar refractivity (Wildman–Crippen MR) is 137 cm³/mol. The monoisotopic (exact) mass is 528 g/mol. The van der Waals surface area contributed by atoms with Gasteiger partial charge < -0.3 is 20.3 Å². The average molecular weight is 529 g/mol. The van der Waals surface area contributed by atoms with Crippen molar-refractivity contribution < 1.29 is 9.53 Å². The van der Waals surface area contributed by atoms with E-state index in [2.05, 4.69) is 54.5 Å². The normalized spacial score (nSPS) is 30.3. The SMILES string of the molecule is CN1CCC(NC2NC(Nc3ccc(Oc4ccccc4)cc3)C3C(=O)NCC(Br)C3N2)CC1. The first-order chi connectivity index (χ1) is 16.5. The molecule has 3 heterocycles. The molecular weight excluding hydrogens is 496 g/mol. The lowest BCUT2D eigenvalue weighted by atomic mass is 9.87. The minimum Gasteiger partial charge on any atom is -0.457 e. The van der Waals surface area contributed by atoms with Crippen LogP contribution in [0.3, 0.4) is 0 Å². The van der Waals surface area contributed by atoms with Crippen LogP contribution in [0.15, 0.2) is 54.6 Å². The first-order valence-corrected chi connectivity index (χ1v) is 12.9. The Balaban J connectivity index is 1.28. The summed E-state index contributed by atoms with van der Waals surface area (Å²) in [6, 6.07) is 18.0. The van der Waals surface area contributed by atoms with Crippen molar-refractivity contribution in [1.29, 1.82) is 0 Å². The van der Waals surface area contributed by atoms with Crippen LogP contribution < -0.4 is 31.3 Å². The largest absolute Gasteiger partial charge is 0.457 e. The van der Waals surface area contributed by atoms with Crippen LogP contribution in [0.25, 0.3) is 0 Å². The fourth-order valence-electron chi connectivity index (χ4n) is 4.98. The number of amides is 1. The van der Waals surface area contributed by atoms with Crippen molar-refractivity contribution in [1.82, 2.24) is 26.2 Å². The average Bonchev–Trinajstić information content (AvgIpc) is 2.85. The molecule has 1 amide bonds. The van der Waals surface area contributed by atoms with Gasteiger partial charge in [-0.2, -0.15) is 0 Å². The number of benzene rings is 2. The summed E-state index contributed by atoms with van der Waals surface area (Å²) in [6.07, 6.45) is 1.92. The summed E-state index contributed by atoms with van der Waals surface area (Å²) in [6.45, 7) is 2.81. The highest BCUT2D eigenvalue weighted by molar-refractivity contribution is 9.09. The van der Waals surface area contributed by atoms with Gasteiger partial charge in [0, 0.05) is 29.1 Å². The Labute approximate surface area is 209 Å². The van der Waals surface area contributed by atoms with Crippen LogP contribution >= 0.6 is 15.9 Å². The minimum absolute atomic E-state index is 0.0111. The second-order valence-corrected chi connectivity index (χ2v) is 10.6. The van der Waals surface area contributed by atoms with E-state index in [0.717, 1.165) is 43.1 Å². The Bertz CT molecular complexity index is 954. The predicted octanol–water partition coefficient (Wildman–Crippen LogP) is 2.26. The second-order valence-electron chi connectivity index (χ2n) is 9.38. The maximum absolute atomic E-state index is 12.9. The molecule has 9 heteroatoms. The van der Waals surface area contributed by atoms with Crippen LogP contribution in [0.4, 0.5) is 5.69 Å². The molecule has 3 fully saturated rings. The molecule has 3 saturated heterocycles. The number of rotatable bonds is 6. The zero-order chi connectivity index (χ0) is 23.5. The number of nitrogens with one attached hydrogen (secondary N) is 5. The summed E-state index contributed by atoms with van der Waals surface area (Å²) in [5.74, 6) is 1.37. The Hall–Kier alpha value is -2.17. The molecule has 5 atom stereocenters. The molecule has 2 aromatic rings. The van der Waals surface area contributed by atoms with E-state index < -0.39 is 0 Å². The van der Waals surface area contributed by atoms with E-state index in [-0.39, 0.29) is 35.1 Å². The van der Waals surface area contributed by atoms with Crippen molar-refractivity contribution in [2.75, 3.05) is 32.0 Å². The number of alkyl halides is 1. The molecule has 182 valence electrons. The number of piperidine rings is 2. The molecule has 0 bridgehead atoms. The molecule has 2 aromatic carbocycles. The fraction of sp³-hybridized carbons (Fsp3) is 0.480. The molecule has 0 radical (unpaired) electrons. The third kappa shape index (κ3) is 5.55. The van der Waals surface area contributed by atoms with E-state index in [9.17, 15) is 4.79 Å². The van der Waals surface area contributed by atoms with Crippen LogP contribution in [-0.4, -0.2) is 66.9 Å². The molecule has 3 aliphatic rings. The van der Waals surface area contributed by atoms with Crippen molar-refractivity contribution in [2.24, 2.45) is 5.92 Å². The zero-order valence-corrected chi connectivity index (χ0v) is 20.9. The van der Waals surface area contributed by atoms with Gasteiger partial charge in [0.2, 0.25) is 5.91 Å². The molecule has 5 rings (SSSR count). The lowest BCUT2D eigenvalue weighted by Gasteiger charge is -2.48. The highest BCUT2D eigenvalue weighted by atomic mass is 79.9. The molecule has 34 heavy (non-hydrogen) atoms. The number of carbonyl (C=O) groups is 1. The molecular formula is C25H33BrN6O2. The molecule has 0 aromatic heterocycles. The number of fused-ring (bicyclic) bond motifs is 1. The first-order valence-electron chi connectivity index (χ1n) is 12.0. The quantitative estimate of drug-likeness (QED) is 0.367. The van der Waals surface area contributed by atoms with Gasteiger partial charge >= 0.3 is 0 Å². The number of likely N-dealkylation sites (tertiary alicyclic amines) is 1. The number of anilines is 1. The van der Waals surface area contributed by atoms with Crippen molar-refractivity contribution in [3.63, 3.8) is 0 Å². The lowest BCUT2D eigenvalue weighted by molar-refractivity contribution is -0.129. The summed E-state index contributed by atoms with van der Waals surface area (Å²) in [7, 11) is 2.17. The molecule has 3 aliphatic heterocycles. The Morgan fingerprint density at radius 3 is 2.44 bits per heavy atom. The van der Waals surface area contributed by atoms with E-state index in [4.69, 9.17) is 4.74 Å². The van der Waals surface area contributed by atoms with Gasteiger partial charge in [0.05, 0.1) is 12.1 Å². The Morgan fingerprint density at radius 2 is 1.71 bits per heavy atom. The summed E-state index contributed by atoms with van der Waals surface area (Å²) in [5, 5.41) is 17.6. The maximum atomic E-state index is 12.9. The van der Waals surface area contributed by atoms with Crippen molar-refractivity contribution >= 4 is 27.5 Å². The van der Waals surface area contributed by atoms with Gasteiger partial charge in [-0.1, -0.05) is 34.1 Å². The third-order valence-electron chi connectivity index (χ3n) is 6.89.